The molecule has 10 nitrogen and oxygen atoms in total. The van der Waals surface area contributed by atoms with Gasteiger partial charge >= 0.3 is 0 Å². The van der Waals surface area contributed by atoms with Crippen molar-refractivity contribution in [1.29, 1.82) is 0 Å². The van der Waals surface area contributed by atoms with Crippen LogP contribution in [0.5, 0.6) is 0 Å². The van der Waals surface area contributed by atoms with Crippen molar-refractivity contribution in [3.05, 3.63) is 72.2 Å². The molecule has 0 unspecified atom stereocenters. The van der Waals surface area contributed by atoms with Crippen LogP contribution in [0.3, 0.4) is 0 Å². The number of non-ortho nitro benzene ring substituents is 2. The lowest BCUT2D eigenvalue weighted by Gasteiger charge is -2.12. The topological polar surface area (TPSA) is 156 Å². The zero-order chi connectivity index (χ0) is 18.7. The zero-order valence-electron chi connectivity index (χ0n) is 12.1. The van der Waals surface area contributed by atoms with Gasteiger partial charge in [0, 0.05) is 22.2 Å². The summed E-state index contributed by atoms with van der Waals surface area (Å²) in [5.74, 6) is -2.50. The minimum absolute atomic E-state index is 0.123. The number of benzene rings is 2. The van der Waals surface area contributed by atoms with E-state index in [1.807, 2.05) is 0 Å². The molecular formula is C14H7BrN3O7-. The number of anilines is 1. The van der Waals surface area contributed by atoms with Crippen molar-refractivity contribution in [2.75, 3.05) is 5.32 Å². The molecule has 0 saturated carbocycles. The van der Waals surface area contributed by atoms with E-state index in [1.54, 1.807) is 0 Å². The van der Waals surface area contributed by atoms with Gasteiger partial charge in [-0.3, -0.25) is 25.0 Å². The molecule has 2 rings (SSSR count). The number of carbonyl (C=O) groups excluding carboxylic acids is 2. The molecule has 2 aromatic rings. The third kappa shape index (κ3) is 4.14. The Bertz CT molecular complexity index is 881. The number of hydrogen-bond acceptors (Lipinski definition) is 7. The Morgan fingerprint density at radius 1 is 0.960 bits per heavy atom. The molecule has 1 amide bonds. The van der Waals surface area contributed by atoms with Gasteiger partial charge in [0.2, 0.25) is 0 Å². The molecule has 0 aliphatic heterocycles. The van der Waals surface area contributed by atoms with Gasteiger partial charge in [-0.25, -0.2) is 0 Å². The molecule has 0 fully saturated rings. The molecule has 0 aliphatic rings. The monoisotopic (exact) mass is 408 g/mol. The van der Waals surface area contributed by atoms with Gasteiger partial charge in [0.15, 0.2) is 0 Å². The van der Waals surface area contributed by atoms with Crippen molar-refractivity contribution < 1.29 is 24.5 Å². The molecule has 0 atom stereocenters. The molecule has 0 saturated heterocycles. The molecule has 0 radical (unpaired) electrons. The molecule has 25 heavy (non-hydrogen) atoms. The summed E-state index contributed by atoms with van der Waals surface area (Å²) in [6.07, 6.45) is 0. The number of halogens is 1. The Hall–Kier alpha value is -3.34. The van der Waals surface area contributed by atoms with Crippen LogP contribution in [0, 0.1) is 20.2 Å². The normalized spacial score (nSPS) is 10.1. The summed E-state index contributed by atoms with van der Waals surface area (Å²) in [6, 6.07) is 6.33. The van der Waals surface area contributed by atoms with Crippen molar-refractivity contribution in [3.8, 4) is 0 Å². The van der Waals surface area contributed by atoms with Crippen LogP contribution in [0.15, 0.2) is 40.9 Å². The predicted octanol–water partition coefficient (Wildman–Crippen LogP) is 1.88. The van der Waals surface area contributed by atoms with E-state index in [0.717, 1.165) is 12.1 Å². The van der Waals surface area contributed by atoms with Crippen LogP contribution >= 0.6 is 15.9 Å². The first-order valence-electron chi connectivity index (χ1n) is 6.45. The average Bonchev–Trinajstić information content (AvgIpc) is 2.55. The van der Waals surface area contributed by atoms with Gasteiger partial charge < -0.3 is 15.2 Å². The molecule has 1 N–H and O–H groups in total. The Morgan fingerprint density at radius 2 is 1.52 bits per heavy atom. The van der Waals surface area contributed by atoms with E-state index in [1.165, 1.54) is 18.2 Å². The number of hydrogen-bond donors (Lipinski definition) is 1. The van der Waals surface area contributed by atoms with Gasteiger partial charge in [0.05, 0.1) is 33.1 Å². The minimum Gasteiger partial charge on any atom is -0.545 e. The highest BCUT2D eigenvalue weighted by molar-refractivity contribution is 9.10. The van der Waals surface area contributed by atoms with E-state index in [9.17, 15) is 34.9 Å². The summed E-state index contributed by atoms with van der Waals surface area (Å²) in [5, 5.41) is 35.1. The fraction of sp³-hybridized carbons (Fsp3) is 0. The molecule has 2 aromatic carbocycles. The largest absolute Gasteiger partial charge is 0.545 e. The molecule has 0 aliphatic carbocycles. The Labute approximate surface area is 147 Å². The summed E-state index contributed by atoms with van der Waals surface area (Å²) in [6.45, 7) is 0. The van der Waals surface area contributed by atoms with Gasteiger partial charge in [0.25, 0.3) is 17.3 Å². The first-order chi connectivity index (χ1) is 11.7. The fourth-order valence-electron chi connectivity index (χ4n) is 1.93. The highest BCUT2D eigenvalue weighted by Crippen LogP contribution is 2.25. The molecule has 128 valence electrons. The highest BCUT2D eigenvalue weighted by Gasteiger charge is 2.20. The van der Waals surface area contributed by atoms with E-state index in [4.69, 9.17) is 0 Å². The van der Waals surface area contributed by atoms with Gasteiger partial charge in [0.1, 0.15) is 0 Å². The van der Waals surface area contributed by atoms with Gasteiger partial charge in [-0.2, -0.15) is 0 Å². The summed E-state index contributed by atoms with van der Waals surface area (Å²) in [7, 11) is 0. The molecular weight excluding hydrogens is 402 g/mol. The number of carboxylic acid groups (broad SMARTS) is 1. The number of carboxylic acids is 1. The summed E-state index contributed by atoms with van der Waals surface area (Å²) >= 11 is 3.07. The fourth-order valence-corrected chi connectivity index (χ4v) is 2.29. The van der Waals surface area contributed by atoms with Crippen molar-refractivity contribution in [3.63, 3.8) is 0 Å². The van der Waals surface area contributed by atoms with Gasteiger partial charge in [-0.15, -0.1) is 0 Å². The SMILES string of the molecule is O=C(Nc1ccc(Br)cc1C(=O)[O-])c1cc([N+](=O)[O-])cc([N+](=O)[O-])c1. The van der Waals surface area contributed by atoms with Crippen LogP contribution in [0.4, 0.5) is 17.1 Å². The standard InChI is InChI=1S/C14H8BrN3O7/c15-8-1-2-12(11(5-8)14(20)21)16-13(19)7-3-9(17(22)23)6-10(4-7)18(24)25/h1-6H,(H,16,19)(H,20,21)/p-1. The van der Waals surface area contributed by atoms with Crippen molar-refractivity contribution in [2.45, 2.75) is 0 Å². The number of nitrogens with one attached hydrogen (secondary N) is 1. The van der Waals surface area contributed by atoms with E-state index in [0.29, 0.717) is 10.5 Å². The third-order valence-electron chi connectivity index (χ3n) is 3.04. The van der Waals surface area contributed by atoms with E-state index >= 15 is 0 Å². The second-order valence-corrected chi connectivity index (χ2v) is 5.60. The van der Waals surface area contributed by atoms with Crippen LogP contribution in [-0.2, 0) is 0 Å². The number of carbonyl (C=O) groups is 2. The van der Waals surface area contributed by atoms with Crippen LogP contribution in [-0.4, -0.2) is 21.7 Å². The first-order valence-corrected chi connectivity index (χ1v) is 7.24. The maximum absolute atomic E-state index is 12.2. The van der Waals surface area contributed by atoms with Crippen LogP contribution in [0.2, 0.25) is 0 Å². The lowest BCUT2D eigenvalue weighted by atomic mass is 10.1. The van der Waals surface area contributed by atoms with Crippen molar-refractivity contribution in [2.24, 2.45) is 0 Å². The molecule has 0 aromatic heterocycles. The number of rotatable bonds is 5. The smallest absolute Gasteiger partial charge is 0.277 e. The maximum atomic E-state index is 12.2. The lowest BCUT2D eigenvalue weighted by molar-refractivity contribution is -0.394. The van der Waals surface area contributed by atoms with E-state index < -0.39 is 33.1 Å². The molecule has 0 bridgehead atoms. The second kappa shape index (κ2) is 7.05. The van der Waals surface area contributed by atoms with Crippen LogP contribution in [0.25, 0.3) is 0 Å². The highest BCUT2D eigenvalue weighted by atomic mass is 79.9. The van der Waals surface area contributed by atoms with Crippen LogP contribution < -0.4 is 10.4 Å². The first kappa shape index (κ1) is 18.0. The predicted molar refractivity (Wildman–Crippen MR) is 86.2 cm³/mol. The van der Waals surface area contributed by atoms with E-state index in [2.05, 4.69) is 21.2 Å². The average molecular weight is 409 g/mol. The number of amides is 1. The zero-order valence-corrected chi connectivity index (χ0v) is 13.7. The molecule has 0 spiro atoms. The maximum Gasteiger partial charge on any atom is 0.277 e. The Balaban J connectivity index is 2.44. The van der Waals surface area contributed by atoms with Crippen molar-refractivity contribution in [1.82, 2.24) is 0 Å². The Kier molecular flexibility index (Phi) is 5.08. The van der Waals surface area contributed by atoms with Crippen LogP contribution in [0.1, 0.15) is 20.7 Å². The third-order valence-corrected chi connectivity index (χ3v) is 3.53. The number of nitro benzene ring substituents is 2. The number of nitro groups is 2. The van der Waals surface area contributed by atoms with Gasteiger partial charge in [-0.1, -0.05) is 15.9 Å². The van der Waals surface area contributed by atoms with Gasteiger partial charge in [-0.05, 0) is 18.2 Å². The molecule has 0 heterocycles. The lowest BCUT2D eigenvalue weighted by Crippen LogP contribution is -2.25. The van der Waals surface area contributed by atoms with Crippen molar-refractivity contribution >= 4 is 44.9 Å². The number of nitrogens with zero attached hydrogens (tertiary/aromatic N) is 2. The number of aromatic carboxylic acids is 1. The minimum atomic E-state index is -1.55. The summed E-state index contributed by atoms with van der Waals surface area (Å²) < 4.78 is 0.427. The summed E-state index contributed by atoms with van der Waals surface area (Å²) in [4.78, 5) is 43.3. The molecule has 11 heteroatoms. The van der Waals surface area contributed by atoms with E-state index in [-0.39, 0.29) is 16.8 Å². The quantitative estimate of drug-likeness (QED) is 0.584. The Morgan fingerprint density at radius 3 is 2.00 bits per heavy atom. The summed E-state index contributed by atoms with van der Waals surface area (Å²) in [5.41, 5.74) is -2.11. The second-order valence-electron chi connectivity index (χ2n) is 4.68.